The van der Waals surface area contributed by atoms with Crippen LogP contribution in [0.2, 0.25) is 0 Å². The summed E-state index contributed by atoms with van der Waals surface area (Å²) in [6, 6.07) is 9.79. The number of hydrogen-bond donors (Lipinski definition) is 2. The minimum atomic E-state index is -0.433. The second kappa shape index (κ2) is 6.88. The fourth-order valence-electron chi connectivity index (χ4n) is 3.48. The molecule has 1 aromatic carbocycles. The van der Waals surface area contributed by atoms with Crippen LogP contribution in [-0.4, -0.2) is 36.6 Å². The first-order valence-corrected chi connectivity index (χ1v) is 9.06. The predicted octanol–water partition coefficient (Wildman–Crippen LogP) is 2.03. The summed E-state index contributed by atoms with van der Waals surface area (Å²) < 4.78 is 1.63. The second-order valence-electron chi connectivity index (χ2n) is 7.03. The minimum Gasteiger partial charge on any atom is -0.577 e. The van der Waals surface area contributed by atoms with E-state index >= 15 is 0 Å². The largest absolute Gasteiger partial charge is 0.577 e. The Labute approximate surface area is 162 Å². The second-order valence-corrected chi connectivity index (χ2v) is 7.03. The molecular weight excluding hydrogens is 354 g/mol. The van der Waals surface area contributed by atoms with Gasteiger partial charge in [0.2, 0.25) is 11.6 Å². The number of rotatable bonds is 4. The summed E-state index contributed by atoms with van der Waals surface area (Å²) in [5.74, 6) is 0.490. The SMILES string of the molecule is Cn1ccc(C([OH2+])=NC(=N)C2(c3ccc(-c4cnc(N)nc4)cc3)CCC2)n1. The molecule has 0 unspecified atom stereocenters. The highest BCUT2D eigenvalue weighted by Crippen LogP contribution is 2.45. The minimum absolute atomic E-state index is 0.0209. The van der Waals surface area contributed by atoms with Crippen molar-refractivity contribution >= 4 is 17.7 Å². The smallest absolute Gasteiger partial charge is 0.387 e. The highest BCUT2D eigenvalue weighted by atomic mass is 16.3. The molecule has 1 fully saturated rings. The number of nitrogens with two attached hydrogens (primary N) is 1. The molecule has 28 heavy (non-hydrogen) atoms. The lowest BCUT2D eigenvalue weighted by Gasteiger charge is -2.41. The van der Waals surface area contributed by atoms with Gasteiger partial charge < -0.3 is 10.8 Å². The zero-order valence-electron chi connectivity index (χ0n) is 15.6. The number of anilines is 1. The Balaban J connectivity index is 1.60. The standard InChI is InChI=1S/C20H21N7O/c1-27-10-7-16(26-27)17(28)25-18(21)20(8-2-9-20)15-5-3-13(4-6-15)14-11-23-19(22)24-12-14/h3-7,10-12H,2,8-9H2,1H3,(H2,21,25,28)(H2,22,23,24)/p+1. The Kier molecular flexibility index (Phi) is 4.38. The van der Waals surface area contributed by atoms with Gasteiger partial charge >= 0.3 is 5.90 Å². The number of aliphatic imine (C=N–C) groups is 1. The topological polar surface area (TPSA) is 129 Å². The number of aromatic nitrogens is 4. The molecule has 0 saturated heterocycles. The summed E-state index contributed by atoms with van der Waals surface area (Å²) >= 11 is 0. The zero-order valence-corrected chi connectivity index (χ0v) is 15.6. The molecule has 8 nitrogen and oxygen atoms in total. The molecule has 4 rings (SSSR count). The highest BCUT2D eigenvalue weighted by molar-refractivity contribution is 6.04. The van der Waals surface area contributed by atoms with E-state index in [1.54, 1.807) is 36.4 Å². The maximum Gasteiger partial charge on any atom is 0.387 e. The molecule has 0 spiro atoms. The van der Waals surface area contributed by atoms with Gasteiger partial charge in [-0.1, -0.05) is 30.7 Å². The fraction of sp³-hybridized carbons (Fsp3) is 0.250. The molecule has 8 heteroatoms. The molecule has 0 atom stereocenters. The number of nitrogens with zero attached hydrogens (tertiary/aromatic N) is 5. The summed E-state index contributed by atoms with van der Waals surface area (Å²) in [7, 11) is 1.79. The van der Waals surface area contributed by atoms with E-state index in [-0.39, 0.29) is 17.7 Å². The summed E-state index contributed by atoms with van der Waals surface area (Å²) in [5, 5.41) is 20.9. The van der Waals surface area contributed by atoms with Crippen LogP contribution in [-0.2, 0) is 12.5 Å². The fourth-order valence-corrected chi connectivity index (χ4v) is 3.48. The van der Waals surface area contributed by atoms with E-state index in [1.165, 1.54) is 0 Å². The van der Waals surface area contributed by atoms with E-state index in [1.807, 2.05) is 24.3 Å². The molecule has 3 aromatic rings. The molecule has 1 aliphatic carbocycles. The van der Waals surface area contributed by atoms with Gasteiger partial charge in [-0.3, -0.25) is 10.1 Å². The maximum absolute atomic E-state index is 8.58. The maximum atomic E-state index is 8.58. The van der Waals surface area contributed by atoms with Gasteiger partial charge in [-0.25, -0.2) is 9.97 Å². The van der Waals surface area contributed by atoms with Crippen LogP contribution in [0.25, 0.3) is 11.1 Å². The van der Waals surface area contributed by atoms with Crippen molar-refractivity contribution < 1.29 is 5.11 Å². The van der Waals surface area contributed by atoms with E-state index < -0.39 is 5.41 Å². The summed E-state index contributed by atoms with van der Waals surface area (Å²) in [5.41, 5.74) is 8.51. The lowest BCUT2D eigenvalue weighted by atomic mass is 9.63. The van der Waals surface area contributed by atoms with Gasteiger partial charge in [0.15, 0.2) is 0 Å². The van der Waals surface area contributed by atoms with E-state index in [2.05, 4.69) is 20.1 Å². The van der Waals surface area contributed by atoms with Crippen LogP contribution in [0, 0.1) is 5.41 Å². The van der Waals surface area contributed by atoms with Crippen LogP contribution in [0.4, 0.5) is 5.95 Å². The summed E-state index contributed by atoms with van der Waals surface area (Å²) in [4.78, 5) is 12.3. The third-order valence-electron chi connectivity index (χ3n) is 5.28. The molecular formula is C20H22N7O+. The quantitative estimate of drug-likeness (QED) is 0.410. The van der Waals surface area contributed by atoms with Crippen LogP contribution in [0.5, 0.6) is 0 Å². The number of aryl methyl sites for hydroxylation is 1. The van der Waals surface area contributed by atoms with Gasteiger partial charge in [-0.05, 0) is 30.0 Å². The monoisotopic (exact) mass is 376 g/mol. The molecule has 2 heterocycles. The Morgan fingerprint density at radius 1 is 1.14 bits per heavy atom. The molecule has 1 aliphatic rings. The van der Waals surface area contributed by atoms with Gasteiger partial charge in [0.25, 0.3) is 0 Å². The number of nitrogen functional groups attached to an aromatic ring is 1. The van der Waals surface area contributed by atoms with Crippen molar-refractivity contribution in [1.29, 1.82) is 5.41 Å². The molecule has 2 aromatic heterocycles. The van der Waals surface area contributed by atoms with Crippen LogP contribution in [0.3, 0.4) is 0 Å². The van der Waals surface area contributed by atoms with Crippen LogP contribution in [0.15, 0.2) is 53.9 Å². The zero-order chi connectivity index (χ0) is 19.7. The van der Waals surface area contributed by atoms with Crippen LogP contribution >= 0.6 is 0 Å². The van der Waals surface area contributed by atoms with E-state index in [0.29, 0.717) is 5.69 Å². The normalized spacial score (nSPS) is 15.8. The number of hydrogen-bond acceptors (Lipinski definition) is 5. The molecule has 0 bridgehead atoms. The number of benzene rings is 1. The number of nitrogens with one attached hydrogen (secondary N) is 1. The average Bonchev–Trinajstić information content (AvgIpc) is 3.09. The molecule has 0 radical (unpaired) electrons. The third-order valence-corrected chi connectivity index (χ3v) is 5.28. The van der Waals surface area contributed by atoms with Crippen molar-refractivity contribution in [2.45, 2.75) is 24.7 Å². The van der Waals surface area contributed by atoms with Crippen molar-refractivity contribution in [2.24, 2.45) is 12.0 Å². The predicted molar refractivity (Wildman–Crippen MR) is 108 cm³/mol. The van der Waals surface area contributed by atoms with E-state index in [0.717, 1.165) is 36.0 Å². The lowest BCUT2D eigenvalue weighted by molar-refractivity contribution is 0.336. The highest BCUT2D eigenvalue weighted by Gasteiger charge is 2.43. The molecule has 1 saturated carbocycles. The van der Waals surface area contributed by atoms with Crippen molar-refractivity contribution in [2.75, 3.05) is 5.73 Å². The van der Waals surface area contributed by atoms with Crippen molar-refractivity contribution in [3.63, 3.8) is 0 Å². The average molecular weight is 376 g/mol. The van der Waals surface area contributed by atoms with Crippen molar-refractivity contribution in [1.82, 2.24) is 19.7 Å². The lowest BCUT2D eigenvalue weighted by Crippen LogP contribution is -2.41. The Morgan fingerprint density at radius 3 is 2.36 bits per heavy atom. The van der Waals surface area contributed by atoms with Crippen molar-refractivity contribution in [3.05, 3.63) is 60.2 Å². The van der Waals surface area contributed by atoms with E-state index in [4.69, 9.17) is 16.2 Å². The van der Waals surface area contributed by atoms with E-state index in [9.17, 15) is 0 Å². The van der Waals surface area contributed by atoms with Crippen molar-refractivity contribution in [3.8, 4) is 11.1 Å². The third kappa shape index (κ3) is 3.13. The first-order valence-electron chi connectivity index (χ1n) is 9.06. The molecule has 142 valence electrons. The summed E-state index contributed by atoms with van der Waals surface area (Å²) in [6.07, 6.45) is 7.92. The molecule has 5 N–H and O–H groups in total. The number of amidine groups is 1. The van der Waals surface area contributed by atoms with Crippen LogP contribution < -0.4 is 5.73 Å². The Hall–Kier alpha value is -3.55. The van der Waals surface area contributed by atoms with Gasteiger partial charge in [0.1, 0.15) is 5.84 Å². The Bertz CT molecular complexity index is 1030. The summed E-state index contributed by atoms with van der Waals surface area (Å²) in [6.45, 7) is 0. The first kappa shape index (κ1) is 17.8. The first-order chi connectivity index (χ1) is 13.5. The van der Waals surface area contributed by atoms with Gasteiger partial charge in [0, 0.05) is 31.2 Å². The van der Waals surface area contributed by atoms with Crippen LogP contribution in [0.1, 0.15) is 30.5 Å². The van der Waals surface area contributed by atoms with Gasteiger partial charge in [-0.2, -0.15) is 5.10 Å². The van der Waals surface area contributed by atoms with Gasteiger partial charge in [-0.15, -0.1) is 4.99 Å². The molecule has 0 amide bonds. The Morgan fingerprint density at radius 2 is 1.82 bits per heavy atom. The molecule has 0 aliphatic heterocycles. The van der Waals surface area contributed by atoms with Gasteiger partial charge in [0.05, 0.1) is 5.41 Å².